The maximum absolute atomic E-state index is 5.98. The van der Waals surface area contributed by atoms with E-state index in [4.69, 9.17) is 9.40 Å². The summed E-state index contributed by atoms with van der Waals surface area (Å²) in [6.45, 7) is 5.99. The van der Waals surface area contributed by atoms with Gasteiger partial charge in [-0.2, -0.15) is 20.1 Å². The number of hydrazone groups is 1. The van der Waals surface area contributed by atoms with Gasteiger partial charge in [0.1, 0.15) is 11.5 Å². The number of aromatic nitrogens is 3. The van der Waals surface area contributed by atoms with Gasteiger partial charge in [0.15, 0.2) is 0 Å². The molecule has 9 heteroatoms. The van der Waals surface area contributed by atoms with Crippen LogP contribution in [0.15, 0.2) is 44.3 Å². The molecular weight excluding hydrogens is 494 g/mol. The number of aryl methyl sites for hydroxylation is 1. The minimum Gasteiger partial charge on any atom is -0.455 e. The summed E-state index contributed by atoms with van der Waals surface area (Å²) < 4.78 is 6.98. The van der Waals surface area contributed by atoms with Gasteiger partial charge in [-0.05, 0) is 75.3 Å². The minimum absolute atomic E-state index is 0.459. The molecule has 5 rings (SSSR count). The van der Waals surface area contributed by atoms with Crippen molar-refractivity contribution in [2.45, 2.75) is 45.4 Å². The largest absolute Gasteiger partial charge is 0.455 e. The van der Waals surface area contributed by atoms with Crippen LogP contribution in [0.5, 0.6) is 0 Å². The number of halogens is 1. The standard InChI is InChI=1S/C25H30BrN7O/c1-18-8-10-20(21(26)16-18)22-11-9-19(34-22)17-27-31-23-28-24(32-12-4-2-5-13-32)30-25(29-23)33-14-6-3-7-15-33/h8-11,16-17H,2-7,12-15H2,1H3,(H,28,29,30,31). The number of nitrogens with zero attached hydrogens (tertiary/aromatic N) is 6. The van der Waals surface area contributed by atoms with Crippen molar-refractivity contribution in [3.8, 4) is 11.3 Å². The molecule has 2 aliphatic heterocycles. The summed E-state index contributed by atoms with van der Waals surface area (Å²) in [6, 6.07) is 10.0. The highest BCUT2D eigenvalue weighted by molar-refractivity contribution is 9.10. The van der Waals surface area contributed by atoms with E-state index >= 15 is 0 Å². The van der Waals surface area contributed by atoms with E-state index in [2.05, 4.69) is 65.3 Å². The molecule has 0 radical (unpaired) electrons. The Morgan fingerprint density at radius 2 is 1.53 bits per heavy atom. The van der Waals surface area contributed by atoms with Gasteiger partial charge in [-0.15, -0.1) is 0 Å². The zero-order valence-corrected chi connectivity index (χ0v) is 21.1. The van der Waals surface area contributed by atoms with E-state index in [1.54, 1.807) is 6.21 Å². The zero-order chi connectivity index (χ0) is 23.3. The van der Waals surface area contributed by atoms with E-state index in [0.29, 0.717) is 11.7 Å². The van der Waals surface area contributed by atoms with Gasteiger partial charge in [-0.1, -0.05) is 22.0 Å². The first-order chi connectivity index (χ1) is 16.7. The summed E-state index contributed by atoms with van der Waals surface area (Å²) in [4.78, 5) is 18.7. The zero-order valence-electron chi connectivity index (χ0n) is 19.5. The van der Waals surface area contributed by atoms with Crippen molar-refractivity contribution in [1.82, 2.24) is 15.0 Å². The first-order valence-electron chi connectivity index (χ1n) is 12.1. The fourth-order valence-electron chi connectivity index (χ4n) is 4.42. The van der Waals surface area contributed by atoms with E-state index in [0.717, 1.165) is 53.9 Å². The quantitative estimate of drug-likeness (QED) is 0.331. The van der Waals surface area contributed by atoms with E-state index in [-0.39, 0.29) is 0 Å². The van der Waals surface area contributed by atoms with Crippen molar-refractivity contribution in [2.75, 3.05) is 41.4 Å². The number of nitrogens with one attached hydrogen (secondary N) is 1. The van der Waals surface area contributed by atoms with Crippen molar-refractivity contribution < 1.29 is 4.42 Å². The van der Waals surface area contributed by atoms with Crippen LogP contribution in [-0.4, -0.2) is 47.3 Å². The fraction of sp³-hybridized carbons (Fsp3) is 0.440. The van der Waals surface area contributed by atoms with E-state index < -0.39 is 0 Å². The number of benzene rings is 1. The molecule has 34 heavy (non-hydrogen) atoms. The average Bonchev–Trinajstić information content (AvgIpc) is 3.33. The lowest BCUT2D eigenvalue weighted by molar-refractivity contribution is 0.556. The number of rotatable bonds is 6. The molecule has 2 saturated heterocycles. The Kier molecular flexibility index (Phi) is 7.08. The van der Waals surface area contributed by atoms with Gasteiger partial charge in [0.05, 0.1) is 6.21 Å². The SMILES string of the molecule is Cc1ccc(-c2ccc(C=NNc3nc(N4CCCCC4)nc(N4CCCCC4)n3)o2)c(Br)c1. The summed E-state index contributed by atoms with van der Waals surface area (Å²) in [5, 5.41) is 4.36. The molecule has 2 aliphatic rings. The lowest BCUT2D eigenvalue weighted by atomic mass is 10.1. The lowest BCUT2D eigenvalue weighted by Gasteiger charge is -2.30. The average molecular weight is 524 g/mol. The molecule has 0 bridgehead atoms. The van der Waals surface area contributed by atoms with Crippen LogP contribution in [0.3, 0.4) is 0 Å². The van der Waals surface area contributed by atoms with E-state index in [1.807, 2.05) is 18.2 Å². The first-order valence-corrected chi connectivity index (χ1v) is 12.9. The number of hydrogen-bond acceptors (Lipinski definition) is 8. The Morgan fingerprint density at radius 3 is 2.15 bits per heavy atom. The second-order valence-electron chi connectivity index (χ2n) is 8.91. The van der Waals surface area contributed by atoms with Crippen LogP contribution < -0.4 is 15.2 Å². The first kappa shape index (κ1) is 22.8. The second-order valence-corrected chi connectivity index (χ2v) is 9.76. The van der Waals surface area contributed by atoms with Gasteiger partial charge in [0.2, 0.25) is 17.8 Å². The van der Waals surface area contributed by atoms with Crippen LogP contribution in [-0.2, 0) is 0 Å². The molecule has 8 nitrogen and oxygen atoms in total. The third-order valence-corrected chi connectivity index (χ3v) is 6.92. The van der Waals surface area contributed by atoms with Gasteiger partial charge >= 0.3 is 0 Å². The highest BCUT2D eigenvalue weighted by Gasteiger charge is 2.20. The van der Waals surface area contributed by atoms with E-state index in [9.17, 15) is 0 Å². The summed E-state index contributed by atoms with van der Waals surface area (Å²) in [6.07, 6.45) is 8.86. The van der Waals surface area contributed by atoms with Gasteiger partial charge < -0.3 is 14.2 Å². The molecule has 0 amide bonds. The second kappa shape index (κ2) is 10.5. The molecule has 0 saturated carbocycles. The molecule has 0 unspecified atom stereocenters. The number of piperidine rings is 2. The molecule has 0 atom stereocenters. The molecular formula is C25H30BrN7O. The Labute approximate surface area is 208 Å². The Hall–Kier alpha value is -2.94. The Balaban J connectivity index is 1.33. The van der Waals surface area contributed by atoms with Crippen LogP contribution in [0.2, 0.25) is 0 Å². The number of furan rings is 1. The molecule has 0 spiro atoms. The maximum atomic E-state index is 5.98. The van der Waals surface area contributed by atoms with Crippen LogP contribution in [0.1, 0.15) is 49.8 Å². The van der Waals surface area contributed by atoms with Crippen LogP contribution >= 0.6 is 15.9 Å². The molecule has 2 fully saturated rings. The fourth-order valence-corrected chi connectivity index (χ4v) is 5.10. The van der Waals surface area contributed by atoms with Crippen LogP contribution in [0.4, 0.5) is 17.8 Å². The summed E-state index contributed by atoms with van der Waals surface area (Å²) in [5.41, 5.74) is 5.20. The normalized spacial score (nSPS) is 16.9. The number of anilines is 3. The summed E-state index contributed by atoms with van der Waals surface area (Å²) in [5.74, 6) is 3.36. The van der Waals surface area contributed by atoms with Gasteiger partial charge in [0, 0.05) is 36.2 Å². The van der Waals surface area contributed by atoms with Crippen molar-refractivity contribution in [1.29, 1.82) is 0 Å². The Morgan fingerprint density at radius 1 is 0.882 bits per heavy atom. The molecule has 3 aromatic rings. The maximum Gasteiger partial charge on any atom is 0.250 e. The Bertz CT molecular complexity index is 1110. The molecule has 178 valence electrons. The van der Waals surface area contributed by atoms with Crippen molar-refractivity contribution in [2.24, 2.45) is 5.10 Å². The van der Waals surface area contributed by atoms with E-state index in [1.165, 1.54) is 44.1 Å². The van der Waals surface area contributed by atoms with Gasteiger partial charge in [-0.3, -0.25) is 0 Å². The predicted octanol–water partition coefficient (Wildman–Crippen LogP) is 5.63. The third kappa shape index (κ3) is 5.41. The molecule has 1 N–H and O–H groups in total. The molecule has 2 aromatic heterocycles. The highest BCUT2D eigenvalue weighted by atomic mass is 79.9. The van der Waals surface area contributed by atoms with Gasteiger partial charge in [-0.25, -0.2) is 5.43 Å². The smallest absolute Gasteiger partial charge is 0.250 e. The van der Waals surface area contributed by atoms with Crippen molar-refractivity contribution >= 4 is 40.0 Å². The predicted molar refractivity (Wildman–Crippen MR) is 140 cm³/mol. The minimum atomic E-state index is 0.459. The number of hydrogen-bond donors (Lipinski definition) is 1. The topological polar surface area (TPSA) is 82.7 Å². The molecule has 1 aromatic carbocycles. The summed E-state index contributed by atoms with van der Waals surface area (Å²) >= 11 is 3.62. The lowest BCUT2D eigenvalue weighted by Crippen LogP contribution is -2.34. The van der Waals surface area contributed by atoms with Gasteiger partial charge in [0.25, 0.3) is 0 Å². The van der Waals surface area contributed by atoms with Crippen LogP contribution in [0, 0.1) is 6.92 Å². The van der Waals surface area contributed by atoms with Crippen molar-refractivity contribution in [3.63, 3.8) is 0 Å². The van der Waals surface area contributed by atoms with Crippen LogP contribution in [0.25, 0.3) is 11.3 Å². The molecule has 0 aliphatic carbocycles. The monoisotopic (exact) mass is 523 g/mol. The highest BCUT2D eigenvalue weighted by Crippen LogP contribution is 2.30. The van der Waals surface area contributed by atoms with Crippen molar-refractivity contribution in [3.05, 3.63) is 46.1 Å². The summed E-state index contributed by atoms with van der Waals surface area (Å²) in [7, 11) is 0. The third-order valence-electron chi connectivity index (χ3n) is 6.26. The molecule has 4 heterocycles.